The van der Waals surface area contributed by atoms with Gasteiger partial charge in [-0.15, -0.1) is 0 Å². The molecule has 0 saturated carbocycles. The van der Waals surface area contributed by atoms with Crippen molar-refractivity contribution in [2.24, 2.45) is 0 Å². The Hall–Kier alpha value is -2.25. The molecule has 0 atom stereocenters. The van der Waals surface area contributed by atoms with Gasteiger partial charge in [-0.3, -0.25) is 19.6 Å². The molecule has 2 rings (SSSR count). The molecule has 2 N–H and O–H groups in total. The normalized spacial score (nSPS) is 13.4. The highest BCUT2D eigenvalue weighted by Gasteiger charge is 2.27. The van der Waals surface area contributed by atoms with Crippen molar-refractivity contribution in [3.63, 3.8) is 0 Å². The summed E-state index contributed by atoms with van der Waals surface area (Å²) in [6.45, 7) is 1.27. The molecule has 1 aliphatic heterocycles. The van der Waals surface area contributed by atoms with Crippen LogP contribution in [0.25, 0.3) is 0 Å². The largest absolute Gasteiger partial charge is 0.469 e. The number of carbonyl (C=O) groups excluding carboxylic acids is 1. The van der Waals surface area contributed by atoms with Crippen LogP contribution in [0, 0.1) is 0 Å². The van der Waals surface area contributed by atoms with E-state index in [1.54, 1.807) is 0 Å². The average Bonchev–Trinajstić information content (AvgIpc) is 2.75. The average molecular weight is 296 g/mol. The van der Waals surface area contributed by atoms with Crippen LogP contribution in [-0.2, 0) is 9.53 Å². The molecule has 0 bridgehead atoms. The number of H-pyrrole nitrogens is 2. The van der Waals surface area contributed by atoms with Crippen LogP contribution in [0.2, 0.25) is 0 Å². The molecule has 0 unspecified atom stereocenters. The molecule has 0 radical (unpaired) electrons. The first-order chi connectivity index (χ1) is 10.0. The minimum Gasteiger partial charge on any atom is -0.469 e. The van der Waals surface area contributed by atoms with Crippen LogP contribution in [0.4, 0.5) is 11.5 Å². The summed E-state index contributed by atoms with van der Waals surface area (Å²) >= 11 is 0. The lowest BCUT2D eigenvalue weighted by atomic mass is 10.2. The third-order valence-electron chi connectivity index (χ3n) is 3.52. The minimum atomic E-state index is -0.495. The number of hydrogen-bond donors (Lipinski definition) is 2. The van der Waals surface area contributed by atoms with Gasteiger partial charge in [0.15, 0.2) is 0 Å². The zero-order valence-electron chi connectivity index (χ0n) is 12.3. The van der Waals surface area contributed by atoms with Crippen molar-refractivity contribution in [1.82, 2.24) is 9.97 Å². The number of rotatable bonds is 6. The smallest absolute Gasteiger partial charge is 0.327 e. The summed E-state index contributed by atoms with van der Waals surface area (Å²) in [5.74, 6) is 0.355. The van der Waals surface area contributed by atoms with E-state index in [1.165, 1.54) is 7.11 Å². The summed E-state index contributed by atoms with van der Waals surface area (Å²) in [4.78, 5) is 42.8. The number of unbranched alkanes of at least 4 members (excludes halogenated alkanes) is 2. The topological polar surface area (TPSA) is 98.5 Å². The van der Waals surface area contributed by atoms with Crippen molar-refractivity contribution in [3.8, 4) is 0 Å². The quantitative estimate of drug-likeness (QED) is 0.567. The van der Waals surface area contributed by atoms with Gasteiger partial charge >= 0.3 is 11.7 Å². The van der Waals surface area contributed by atoms with Gasteiger partial charge in [0.2, 0.25) is 0 Å². The van der Waals surface area contributed by atoms with Crippen LogP contribution in [0.3, 0.4) is 0 Å². The molecular formula is C13H20N4O4. The van der Waals surface area contributed by atoms with Crippen LogP contribution in [0.1, 0.15) is 25.7 Å². The number of ether oxygens (including phenoxy) is 1. The second kappa shape index (κ2) is 6.47. The lowest BCUT2D eigenvalue weighted by Gasteiger charge is -2.17. The molecule has 116 valence electrons. The van der Waals surface area contributed by atoms with E-state index in [1.807, 2.05) is 16.8 Å². The summed E-state index contributed by atoms with van der Waals surface area (Å²) in [6, 6.07) is 0. The van der Waals surface area contributed by atoms with Gasteiger partial charge in [0, 0.05) is 20.0 Å². The summed E-state index contributed by atoms with van der Waals surface area (Å²) < 4.78 is 4.58. The van der Waals surface area contributed by atoms with Gasteiger partial charge in [0.1, 0.15) is 11.5 Å². The van der Waals surface area contributed by atoms with E-state index in [9.17, 15) is 14.4 Å². The third kappa shape index (κ3) is 3.45. The van der Waals surface area contributed by atoms with Gasteiger partial charge in [-0.1, -0.05) is 6.42 Å². The van der Waals surface area contributed by atoms with Gasteiger partial charge in [0.05, 0.1) is 13.8 Å². The van der Waals surface area contributed by atoms with Crippen LogP contribution in [0.5, 0.6) is 0 Å². The Labute approximate surface area is 121 Å². The molecule has 8 nitrogen and oxygen atoms in total. The first-order valence-electron chi connectivity index (χ1n) is 6.92. The van der Waals surface area contributed by atoms with Crippen molar-refractivity contribution in [1.29, 1.82) is 0 Å². The van der Waals surface area contributed by atoms with Gasteiger partial charge in [-0.2, -0.15) is 0 Å². The van der Waals surface area contributed by atoms with Crippen LogP contribution < -0.4 is 21.0 Å². The van der Waals surface area contributed by atoms with Crippen molar-refractivity contribution in [3.05, 3.63) is 20.8 Å². The van der Waals surface area contributed by atoms with Gasteiger partial charge in [0.25, 0.3) is 5.56 Å². The molecule has 0 spiro atoms. The molecule has 1 aromatic heterocycles. The molecule has 21 heavy (non-hydrogen) atoms. The number of aromatic amines is 2. The first-order valence-corrected chi connectivity index (χ1v) is 6.92. The highest BCUT2D eigenvalue weighted by atomic mass is 16.5. The predicted molar refractivity (Wildman–Crippen MR) is 78.8 cm³/mol. The Morgan fingerprint density at radius 1 is 1.24 bits per heavy atom. The zero-order chi connectivity index (χ0) is 15.4. The molecule has 2 heterocycles. The standard InChI is InChI=1S/C13H20N4O4/c1-16-8-17(7-5-3-4-6-9(18)21-2)10-11(16)14-13(20)15-12(10)19/h3-8H2,1-2H3,(H2,14,15,19,20). The first kappa shape index (κ1) is 15.1. The van der Waals surface area contributed by atoms with E-state index in [2.05, 4.69) is 14.7 Å². The van der Waals surface area contributed by atoms with Crippen molar-refractivity contribution in [2.75, 3.05) is 37.2 Å². The Bertz CT molecular complexity index is 621. The fourth-order valence-corrected chi connectivity index (χ4v) is 2.47. The SMILES string of the molecule is COC(=O)CCCCCN1CN(C)c2[nH]c(=O)[nH]c(=O)c21. The Balaban J connectivity index is 1.92. The molecule has 0 fully saturated rings. The Morgan fingerprint density at radius 3 is 2.71 bits per heavy atom. The van der Waals surface area contributed by atoms with Crippen LogP contribution in [0.15, 0.2) is 9.59 Å². The van der Waals surface area contributed by atoms with Gasteiger partial charge in [-0.25, -0.2) is 4.79 Å². The number of carbonyl (C=O) groups is 1. The number of hydrogen-bond acceptors (Lipinski definition) is 6. The molecule has 8 heteroatoms. The lowest BCUT2D eigenvalue weighted by Crippen LogP contribution is -2.31. The van der Waals surface area contributed by atoms with Gasteiger partial charge < -0.3 is 14.5 Å². The minimum absolute atomic E-state index is 0.199. The molecule has 0 aliphatic carbocycles. The maximum Gasteiger partial charge on any atom is 0.327 e. The second-order valence-corrected chi connectivity index (χ2v) is 5.10. The highest BCUT2D eigenvalue weighted by molar-refractivity contribution is 5.70. The molecule has 1 aromatic rings. The molecule has 0 amide bonds. The Kier molecular flexibility index (Phi) is 4.66. The number of aromatic nitrogens is 2. The van der Waals surface area contributed by atoms with E-state index in [-0.39, 0.29) is 11.5 Å². The fourth-order valence-electron chi connectivity index (χ4n) is 2.47. The van der Waals surface area contributed by atoms with Gasteiger partial charge in [-0.05, 0) is 12.8 Å². The number of methoxy groups -OCH3 is 1. The summed E-state index contributed by atoms with van der Waals surface area (Å²) in [7, 11) is 3.21. The van der Waals surface area contributed by atoms with Crippen LogP contribution in [-0.4, -0.2) is 43.3 Å². The number of fused-ring (bicyclic) bond motifs is 1. The summed E-state index contributed by atoms with van der Waals surface area (Å²) in [5.41, 5.74) is -0.358. The van der Waals surface area contributed by atoms with E-state index in [4.69, 9.17) is 0 Å². The summed E-state index contributed by atoms with van der Waals surface area (Å²) in [5, 5.41) is 0. The maximum absolute atomic E-state index is 11.9. The van der Waals surface area contributed by atoms with Crippen LogP contribution >= 0.6 is 0 Å². The fraction of sp³-hybridized carbons (Fsp3) is 0.615. The molecule has 0 aromatic carbocycles. The number of anilines is 2. The predicted octanol–water partition coefficient (Wildman–Crippen LogP) is 0.0103. The molecule has 1 aliphatic rings. The van der Waals surface area contributed by atoms with E-state index >= 15 is 0 Å². The summed E-state index contributed by atoms with van der Waals surface area (Å²) in [6.07, 6.45) is 2.93. The number of nitrogens with one attached hydrogen (secondary N) is 2. The van der Waals surface area contributed by atoms with Crippen molar-refractivity contribution < 1.29 is 9.53 Å². The monoisotopic (exact) mass is 296 g/mol. The maximum atomic E-state index is 11.9. The van der Waals surface area contributed by atoms with E-state index in [0.29, 0.717) is 31.1 Å². The molecular weight excluding hydrogens is 276 g/mol. The van der Waals surface area contributed by atoms with E-state index in [0.717, 1.165) is 19.3 Å². The highest BCUT2D eigenvalue weighted by Crippen LogP contribution is 2.27. The number of nitrogens with zero attached hydrogens (tertiary/aromatic N) is 2. The lowest BCUT2D eigenvalue weighted by molar-refractivity contribution is -0.140. The molecule has 0 saturated heterocycles. The van der Waals surface area contributed by atoms with Crippen molar-refractivity contribution >= 4 is 17.5 Å². The zero-order valence-corrected chi connectivity index (χ0v) is 12.3. The third-order valence-corrected chi connectivity index (χ3v) is 3.52. The second-order valence-electron chi connectivity index (χ2n) is 5.10. The number of esters is 1. The van der Waals surface area contributed by atoms with E-state index < -0.39 is 5.69 Å². The Morgan fingerprint density at radius 2 is 2.00 bits per heavy atom. The van der Waals surface area contributed by atoms with Crippen molar-refractivity contribution in [2.45, 2.75) is 25.7 Å².